The standard InChI is InChI=1S/C27H40N2O6/c1-30-22-16-20(17-23(31-2)26(22)34-5)8-12-28-10-7-11-29(15-14-28)13-9-21-18-24(32-3)27(35-6)25(19-21)33-4/h16-19H,7-15H2,1-6H3. The van der Waals surface area contributed by atoms with E-state index in [9.17, 15) is 0 Å². The van der Waals surface area contributed by atoms with E-state index < -0.39 is 0 Å². The molecule has 0 atom stereocenters. The van der Waals surface area contributed by atoms with E-state index >= 15 is 0 Å². The molecule has 194 valence electrons. The molecule has 1 aliphatic heterocycles. The highest BCUT2D eigenvalue weighted by Gasteiger charge is 2.18. The second kappa shape index (κ2) is 13.3. The number of rotatable bonds is 12. The maximum Gasteiger partial charge on any atom is 0.203 e. The molecule has 8 nitrogen and oxygen atoms in total. The Hall–Kier alpha value is -2.84. The Bertz CT molecular complexity index is 826. The summed E-state index contributed by atoms with van der Waals surface area (Å²) in [6, 6.07) is 8.18. The average molecular weight is 489 g/mol. The molecule has 1 fully saturated rings. The Labute approximate surface area is 209 Å². The predicted molar refractivity (Wildman–Crippen MR) is 137 cm³/mol. The highest BCUT2D eigenvalue weighted by Crippen LogP contribution is 2.39. The van der Waals surface area contributed by atoms with E-state index in [4.69, 9.17) is 28.4 Å². The van der Waals surface area contributed by atoms with E-state index in [1.807, 2.05) is 24.3 Å². The summed E-state index contributed by atoms with van der Waals surface area (Å²) >= 11 is 0. The third-order valence-electron chi connectivity index (χ3n) is 6.56. The second-order valence-electron chi connectivity index (χ2n) is 8.60. The summed E-state index contributed by atoms with van der Waals surface area (Å²) in [6.07, 6.45) is 3.02. The van der Waals surface area contributed by atoms with Gasteiger partial charge in [-0.25, -0.2) is 0 Å². The van der Waals surface area contributed by atoms with Crippen molar-refractivity contribution < 1.29 is 28.4 Å². The first-order valence-corrected chi connectivity index (χ1v) is 12.1. The Morgan fingerprint density at radius 1 is 0.514 bits per heavy atom. The van der Waals surface area contributed by atoms with E-state index in [0.29, 0.717) is 34.5 Å². The van der Waals surface area contributed by atoms with Gasteiger partial charge in [-0.1, -0.05) is 0 Å². The van der Waals surface area contributed by atoms with E-state index in [0.717, 1.165) is 58.5 Å². The van der Waals surface area contributed by atoms with Crippen molar-refractivity contribution in [2.75, 3.05) is 81.9 Å². The van der Waals surface area contributed by atoms with Gasteiger partial charge in [0.15, 0.2) is 23.0 Å². The summed E-state index contributed by atoms with van der Waals surface area (Å²) in [5, 5.41) is 0. The summed E-state index contributed by atoms with van der Waals surface area (Å²) in [5.41, 5.74) is 2.37. The SMILES string of the molecule is COc1cc(CCN2CCCN(CCc3cc(OC)c(OC)c(OC)c3)CC2)cc(OC)c1OC. The molecular formula is C27H40N2O6. The van der Waals surface area contributed by atoms with Crippen LogP contribution in [0.1, 0.15) is 17.5 Å². The maximum absolute atomic E-state index is 5.50. The predicted octanol–water partition coefficient (Wildman–Crippen LogP) is 3.53. The number of benzene rings is 2. The summed E-state index contributed by atoms with van der Waals surface area (Å²) in [5.74, 6) is 4.09. The van der Waals surface area contributed by atoms with Crippen LogP contribution in [0.4, 0.5) is 0 Å². The van der Waals surface area contributed by atoms with E-state index in [-0.39, 0.29) is 0 Å². The molecule has 2 aromatic carbocycles. The van der Waals surface area contributed by atoms with Crippen LogP contribution in [-0.2, 0) is 12.8 Å². The summed E-state index contributed by atoms with van der Waals surface area (Å²) in [4.78, 5) is 5.09. The van der Waals surface area contributed by atoms with Crippen molar-refractivity contribution in [3.05, 3.63) is 35.4 Å². The number of nitrogens with zero attached hydrogens (tertiary/aromatic N) is 2. The third kappa shape index (κ3) is 6.86. The molecule has 35 heavy (non-hydrogen) atoms. The van der Waals surface area contributed by atoms with Crippen LogP contribution in [-0.4, -0.2) is 91.7 Å². The smallest absolute Gasteiger partial charge is 0.203 e. The summed E-state index contributed by atoms with van der Waals surface area (Å²) in [7, 11) is 9.88. The highest BCUT2D eigenvalue weighted by molar-refractivity contribution is 5.54. The van der Waals surface area contributed by atoms with Gasteiger partial charge in [-0.15, -0.1) is 0 Å². The van der Waals surface area contributed by atoms with Gasteiger partial charge >= 0.3 is 0 Å². The fourth-order valence-electron chi connectivity index (χ4n) is 4.61. The molecule has 3 rings (SSSR count). The molecule has 8 heteroatoms. The van der Waals surface area contributed by atoms with Gasteiger partial charge in [0, 0.05) is 26.2 Å². The van der Waals surface area contributed by atoms with E-state index in [1.165, 1.54) is 11.1 Å². The van der Waals surface area contributed by atoms with Crippen molar-refractivity contribution in [1.82, 2.24) is 9.80 Å². The van der Waals surface area contributed by atoms with E-state index in [1.54, 1.807) is 42.7 Å². The van der Waals surface area contributed by atoms with Gasteiger partial charge in [0.05, 0.1) is 42.7 Å². The number of hydrogen-bond acceptors (Lipinski definition) is 8. The summed E-state index contributed by atoms with van der Waals surface area (Å²) in [6.45, 7) is 6.31. The summed E-state index contributed by atoms with van der Waals surface area (Å²) < 4.78 is 32.9. The van der Waals surface area contributed by atoms with E-state index in [2.05, 4.69) is 9.80 Å². The normalized spacial score (nSPS) is 14.8. The van der Waals surface area contributed by atoms with Gasteiger partial charge in [-0.05, 0) is 67.7 Å². The first kappa shape index (κ1) is 26.8. The highest BCUT2D eigenvalue weighted by atomic mass is 16.5. The van der Waals surface area contributed by atoms with Crippen molar-refractivity contribution in [2.45, 2.75) is 19.3 Å². The zero-order valence-corrected chi connectivity index (χ0v) is 22.0. The fraction of sp³-hybridized carbons (Fsp3) is 0.556. The van der Waals surface area contributed by atoms with Crippen LogP contribution in [0, 0.1) is 0 Å². The molecule has 2 aromatic rings. The van der Waals surface area contributed by atoms with Crippen LogP contribution < -0.4 is 28.4 Å². The molecule has 0 bridgehead atoms. The number of hydrogen-bond donors (Lipinski definition) is 0. The lowest BCUT2D eigenvalue weighted by Crippen LogP contribution is -2.33. The van der Waals surface area contributed by atoms with Crippen LogP contribution >= 0.6 is 0 Å². The Morgan fingerprint density at radius 3 is 1.14 bits per heavy atom. The Kier molecular flexibility index (Phi) is 10.2. The number of methoxy groups -OCH3 is 6. The molecule has 0 radical (unpaired) electrons. The van der Waals surface area contributed by atoms with Crippen molar-refractivity contribution in [1.29, 1.82) is 0 Å². The second-order valence-corrected chi connectivity index (χ2v) is 8.60. The zero-order chi connectivity index (χ0) is 25.2. The van der Waals surface area contributed by atoms with Gasteiger partial charge in [0.1, 0.15) is 0 Å². The fourth-order valence-corrected chi connectivity index (χ4v) is 4.61. The Balaban J connectivity index is 1.54. The molecule has 0 saturated carbocycles. The number of ether oxygens (including phenoxy) is 6. The molecular weight excluding hydrogens is 448 g/mol. The molecule has 0 unspecified atom stereocenters. The molecule has 1 aliphatic rings. The van der Waals surface area contributed by atoms with Gasteiger partial charge in [0.2, 0.25) is 11.5 Å². The first-order chi connectivity index (χ1) is 17.1. The van der Waals surface area contributed by atoms with Gasteiger partial charge in [0.25, 0.3) is 0 Å². The molecule has 1 heterocycles. The lowest BCUT2D eigenvalue weighted by molar-refractivity contribution is 0.259. The van der Waals surface area contributed by atoms with Gasteiger partial charge in [-0.3, -0.25) is 0 Å². The topological polar surface area (TPSA) is 61.9 Å². The van der Waals surface area contributed by atoms with Crippen LogP contribution in [0.2, 0.25) is 0 Å². The average Bonchev–Trinajstić information content (AvgIpc) is 3.14. The lowest BCUT2D eigenvalue weighted by Gasteiger charge is -2.22. The minimum Gasteiger partial charge on any atom is -0.493 e. The largest absolute Gasteiger partial charge is 0.493 e. The molecule has 0 spiro atoms. The van der Waals surface area contributed by atoms with Crippen molar-refractivity contribution in [3.63, 3.8) is 0 Å². The monoisotopic (exact) mass is 488 g/mol. The lowest BCUT2D eigenvalue weighted by atomic mass is 10.1. The molecule has 0 amide bonds. The van der Waals surface area contributed by atoms with Crippen molar-refractivity contribution in [2.24, 2.45) is 0 Å². The first-order valence-electron chi connectivity index (χ1n) is 12.1. The quantitative estimate of drug-likeness (QED) is 0.450. The van der Waals surface area contributed by atoms with Crippen LogP contribution in [0.25, 0.3) is 0 Å². The van der Waals surface area contributed by atoms with Gasteiger partial charge in [-0.2, -0.15) is 0 Å². The van der Waals surface area contributed by atoms with Crippen molar-refractivity contribution in [3.8, 4) is 34.5 Å². The minimum atomic E-state index is 0.635. The molecule has 0 aromatic heterocycles. The van der Waals surface area contributed by atoms with Crippen LogP contribution in [0.3, 0.4) is 0 Å². The minimum absolute atomic E-state index is 0.635. The Morgan fingerprint density at radius 2 is 0.857 bits per heavy atom. The van der Waals surface area contributed by atoms with Crippen molar-refractivity contribution >= 4 is 0 Å². The van der Waals surface area contributed by atoms with Crippen LogP contribution in [0.15, 0.2) is 24.3 Å². The molecule has 1 saturated heterocycles. The maximum atomic E-state index is 5.50. The molecule has 0 N–H and O–H groups in total. The zero-order valence-electron chi connectivity index (χ0n) is 22.0. The third-order valence-corrected chi connectivity index (χ3v) is 6.56. The molecule has 0 aliphatic carbocycles. The van der Waals surface area contributed by atoms with Gasteiger partial charge < -0.3 is 38.2 Å². The van der Waals surface area contributed by atoms with Crippen LogP contribution in [0.5, 0.6) is 34.5 Å².